The van der Waals surface area contributed by atoms with Crippen molar-refractivity contribution in [1.29, 1.82) is 0 Å². The van der Waals surface area contributed by atoms with Crippen molar-refractivity contribution < 1.29 is 23.4 Å². The van der Waals surface area contributed by atoms with E-state index >= 15 is 0 Å². The Kier molecular flexibility index (Phi) is 6.00. The van der Waals surface area contributed by atoms with Gasteiger partial charge in [0.1, 0.15) is 5.75 Å². The highest BCUT2D eigenvalue weighted by molar-refractivity contribution is 6.20. The predicted molar refractivity (Wildman–Crippen MR) is 116 cm³/mol. The number of amides is 1. The molecule has 0 radical (unpaired) electrons. The number of halogens is 3. The Morgan fingerprint density at radius 1 is 1.25 bits per heavy atom. The maximum absolute atomic E-state index is 12.8. The molecule has 1 fully saturated rings. The van der Waals surface area contributed by atoms with E-state index < -0.39 is 17.6 Å². The molecular formula is C21H20ClF2N5O3. The number of H-pyrrole nitrogens is 1. The summed E-state index contributed by atoms with van der Waals surface area (Å²) in [6.45, 7) is 0.854. The van der Waals surface area contributed by atoms with Crippen LogP contribution in [0.1, 0.15) is 10.4 Å². The van der Waals surface area contributed by atoms with E-state index in [0.29, 0.717) is 30.0 Å². The molecule has 1 saturated heterocycles. The number of nitrogens with one attached hydrogen (secondary N) is 2. The molecule has 0 saturated carbocycles. The van der Waals surface area contributed by atoms with E-state index in [9.17, 15) is 18.7 Å². The fraction of sp³-hybridized carbons (Fsp3) is 0.238. The molecule has 1 aliphatic rings. The van der Waals surface area contributed by atoms with Crippen LogP contribution in [0.25, 0.3) is 11.3 Å². The number of carbonyl (C=O) groups is 1. The van der Waals surface area contributed by atoms with Crippen LogP contribution in [0.15, 0.2) is 54.7 Å². The number of hydrogen-bond acceptors (Lipinski definition) is 6. The molecular weight excluding hydrogens is 444 g/mol. The summed E-state index contributed by atoms with van der Waals surface area (Å²) < 4.78 is 29.7. The number of aliphatic hydroxyl groups is 1. The lowest BCUT2D eigenvalue weighted by Crippen LogP contribution is -2.32. The van der Waals surface area contributed by atoms with E-state index in [4.69, 9.17) is 17.3 Å². The molecule has 2 heterocycles. The Labute approximate surface area is 186 Å². The van der Waals surface area contributed by atoms with E-state index in [1.165, 1.54) is 24.3 Å². The number of aromatic nitrogens is 2. The molecule has 4 rings (SSSR count). The second-order valence-corrected chi connectivity index (χ2v) is 7.80. The first-order valence-corrected chi connectivity index (χ1v) is 10.1. The van der Waals surface area contributed by atoms with Gasteiger partial charge in [-0.2, -0.15) is 5.10 Å². The molecule has 0 spiro atoms. The van der Waals surface area contributed by atoms with Crippen LogP contribution < -0.4 is 20.7 Å². The van der Waals surface area contributed by atoms with Crippen LogP contribution in [-0.4, -0.2) is 52.0 Å². The van der Waals surface area contributed by atoms with Crippen LogP contribution in [0, 0.1) is 0 Å². The second kappa shape index (κ2) is 8.73. The number of anilines is 2. The molecule has 1 amide bonds. The third kappa shape index (κ3) is 4.98. The van der Waals surface area contributed by atoms with Gasteiger partial charge < -0.3 is 25.8 Å². The van der Waals surface area contributed by atoms with Crippen molar-refractivity contribution >= 4 is 28.9 Å². The molecule has 0 unspecified atom stereocenters. The Bertz CT molecular complexity index is 1080. The average Bonchev–Trinajstić information content (AvgIpc) is 3.38. The topological polar surface area (TPSA) is 117 Å². The van der Waals surface area contributed by atoms with Crippen LogP contribution in [-0.2, 0) is 0 Å². The highest BCUT2D eigenvalue weighted by atomic mass is 35.5. The summed E-state index contributed by atoms with van der Waals surface area (Å²) in [5.74, 6) is -0.535. The fourth-order valence-electron chi connectivity index (χ4n) is 3.53. The number of aliphatic hydroxyl groups excluding tert-OH is 1. The van der Waals surface area contributed by atoms with E-state index in [2.05, 4.69) is 20.3 Å². The van der Waals surface area contributed by atoms with Gasteiger partial charge >= 0.3 is 5.57 Å². The Balaban J connectivity index is 1.56. The van der Waals surface area contributed by atoms with Crippen molar-refractivity contribution in [3.63, 3.8) is 0 Å². The average molecular weight is 464 g/mol. The third-order valence-corrected chi connectivity index (χ3v) is 5.15. The molecule has 1 aromatic heterocycles. The molecule has 11 heteroatoms. The highest BCUT2D eigenvalue weighted by Gasteiger charge is 2.30. The van der Waals surface area contributed by atoms with Crippen LogP contribution in [0.5, 0.6) is 5.75 Å². The molecule has 168 valence electrons. The molecule has 5 N–H and O–H groups in total. The van der Waals surface area contributed by atoms with Gasteiger partial charge in [0.15, 0.2) is 0 Å². The minimum atomic E-state index is -3.81. The summed E-state index contributed by atoms with van der Waals surface area (Å²) in [4.78, 5) is 14.8. The summed E-state index contributed by atoms with van der Waals surface area (Å²) in [5, 5.41) is 19.6. The van der Waals surface area contributed by atoms with Crippen molar-refractivity contribution in [1.82, 2.24) is 10.2 Å². The molecule has 2 aromatic carbocycles. The zero-order chi connectivity index (χ0) is 22.9. The number of benzene rings is 2. The number of ether oxygens (including phenoxy) is 1. The normalized spacial score (nSPS) is 18.6. The van der Waals surface area contributed by atoms with Gasteiger partial charge in [-0.3, -0.25) is 9.89 Å². The summed E-state index contributed by atoms with van der Waals surface area (Å²) in [7, 11) is 0. The number of alkyl halides is 3. The minimum absolute atomic E-state index is 0.139. The quantitative estimate of drug-likeness (QED) is 0.418. The summed E-state index contributed by atoms with van der Waals surface area (Å²) >= 11 is 4.75. The monoisotopic (exact) mass is 463 g/mol. The van der Waals surface area contributed by atoms with Crippen LogP contribution in [0.2, 0.25) is 0 Å². The van der Waals surface area contributed by atoms with Gasteiger partial charge in [0.05, 0.1) is 11.8 Å². The lowest BCUT2D eigenvalue weighted by molar-refractivity contribution is -0.0964. The molecule has 8 nitrogen and oxygen atoms in total. The zero-order valence-electron chi connectivity index (χ0n) is 16.6. The number of β-amino-alcohol motifs (C(OH)–C–C–N with tert-alkyl or cyclic N) is 1. The van der Waals surface area contributed by atoms with Crippen molar-refractivity contribution in [2.75, 3.05) is 23.3 Å². The number of hydrogen-bond donors (Lipinski definition) is 4. The third-order valence-electron chi connectivity index (χ3n) is 5.07. The smallest absolute Gasteiger partial charge is 0.420 e. The molecule has 1 aliphatic heterocycles. The molecule has 32 heavy (non-hydrogen) atoms. The number of carbonyl (C=O) groups excluding carboxylic acids is 1. The van der Waals surface area contributed by atoms with Gasteiger partial charge in [-0.05, 0) is 48.5 Å². The van der Waals surface area contributed by atoms with Gasteiger partial charge in [0.2, 0.25) is 0 Å². The fourth-order valence-corrected chi connectivity index (χ4v) is 3.62. The van der Waals surface area contributed by atoms with E-state index in [1.54, 1.807) is 30.5 Å². The maximum atomic E-state index is 12.8. The SMILES string of the molecule is N[C@H]1CN(c2ccc(C(=O)Nc3ccc(OC(F)(F)Cl)cc3)cc2-c2ccn[nH]2)C[C@@H]1O. The largest absolute Gasteiger partial charge is 0.487 e. The number of rotatable bonds is 6. The lowest BCUT2D eigenvalue weighted by Gasteiger charge is -2.22. The molecule has 3 aromatic rings. The van der Waals surface area contributed by atoms with Crippen molar-refractivity contribution in [2.24, 2.45) is 5.73 Å². The minimum Gasteiger partial charge on any atom is -0.420 e. The van der Waals surface area contributed by atoms with Gasteiger partial charge in [-0.1, -0.05) is 0 Å². The number of nitrogens with zero attached hydrogens (tertiary/aromatic N) is 2. The van der Waals surface area contributed by atoms with Crippen LogP contribution >= 0.6 is 11.6 Å². The van der Waals surface area contributed by atoms with E-state index in [-0.39, 0.29) is 11.8 Å². The van der Waals surface area contributed by atoms with Crippen molar-refractivity contribution in [2.45, 2.75) is 17.7 Å². The Morgan fingerprint density at radius 3 is 2.59 bits per heavy atom. The van der Waals surface area contributed by atoms with Gasteiger partial charge in [-0.15, -0.1) is 8.78 Å². The predicted octanol–water partition coefficient (Wildman–Crippen LogP) is 3.01. The first-order chi connectivity index (χ1) is 15.2. The molecule has 0 bridgehead atoms. The lowest BCUT2D eigenvalue weighted by atomic mass is 10.0. The maximum Gasteiger partial charge on any atom is 0.487 e. The summed E-state index contributed by atoms with van der Waals surface area (Å²) in [6, 6.07) is 12.0. The zero-order valence-corrected chi connectivity index (χ0v) is 17.4. The number of aromatic amines is 1. The standard InChI is InChI=1S/C21H20ClF2N5O3/c22-21(23,24)32-14-4-2-13(3-5-14)27-20(31)12-1-6-18(29-10-16(25)19(30)11-29)15(9-12)17-7-8-26-28-17/h1-9,16,19,30H,10-11,25H2,(H,26,28)(H,27,31)/t16-,19-/m0/s1. The molecule has 2 atom stereocenters. The van der Waals surface area contributed by atoms with Gasteiger partial charge in [-0.25, -0.2) is 0 Å². The second-order valence-electron chi connectivity index (χ2n) is 7.36. The summed E-state index contributed by atoms with van der Waals surface area (Å²) in [6.07, 6.45) is 0.961. The Morgan fingerprint density at radius 2 is 2.00 bits per heavy atom. The summed E-state index contributed by atoms with van der Waals surface area (Å²) in [5.41, 5.74) is 5.13. The van der Waals surface area contributed by atoms with E-state index in [1.807, 2.05) is 4.90 Å². The van der Waals surface area contributed by atoms with Gasteiger partial charge in [0.25, 0.3) is 5.91 Å². The van der Waals surface area contributed by atoms with Crippen molar-refractivity contribution in [3.8, 4) is 17.0 Å². The Hall–Kier alpha value is -3.21. The van der Waals surface area contributed by atoms with Crippen LogP contribution in [0.3, 0.4) is 0 Å². The highest BCUT2D eigenvalue weighted by Crippen LogP contribution is 2.33. The van der Waals surface area contributed by atoms with Gasteiger partial charge in [0, 0.05) is 59.4 Å². The van der Waals surface area contributed by atoms with Crippen LogP contribution in [0.4, 0.5) is 20.2 Å². The van der Waals surface area contributed by atoms with E-state index in [0.717, 1.165) is 11.3 Å². The first kappa shape index (κ1) is 22.0. The first-order valence-electron chi connectivity index (χ1n) is 9.69. The number of nitrogens with two attached hydrogens (primary N) is 1. The molecule has 0 aliphatic carbocycles. The van der Waals surface area contributed by atoms with Crippen molar-refractivity contribution in [3.05, 3.63) is 60.3 Å².